The molecule has 0 spiro atoms. The van der Waals surface area contributed by atoms with Crippen molar-refractivity contribution in [3.8, 4) is 0 Å². The summed E-state index contributed by atoms with van der Waals surface area (Å²) in [5.74, 6) is 0.314. The Kier molecular flexibility index (Phi) is 5.02. The summed E-state index contributed by atoms with van der Waals surface area (Å²) < 4.78 is 0. The maximum Gasteiger partial charge on any atom is 0.139 e. The maximum absolute atomic E-state index is 8.88. The summed E-state index contributed by atoms with van der Waals surface area (Å²) in [4.78, 5) is 0. The third-order valence-electron chi connectivity index (χ3n) is 3.38. The summed E-state index contributed by atoms with van der Waals surface area (Å²) in [5.41, 5.74) is 5.72. The molecule has 0 aromatic heterocycles. The van der Waals surface area contributed by atoms with E-state index in [4.69, 9.17) is 16.0 Å². The van der Waals surface area contributed by atoms with Gasteiger partial charge in [0.2, 0.25) is 0 Å². The predicted molar refractivity (Wildman–Crippen MR) is 63.5 cm³/mol. The van der Waals surface area contributed by atoms with Crippen LogP contribution < -0.4 is 11.1 Å². The first-order valence-corrected chi connectivity index (χ1v) is 5.96. The van der Waals surface area contributed by atoms with Gasteiger partial charge in [-0.05, 0) is 31.1 Å². The minimum absolute atomic E-state index is 0.194. The molecule has 5 heteroatoms. The Balaban J connectivity index is 2.30. The average molecular weight is 229 g/mol. The summed E-state index contributed by atoms with van der Waals surface area (Å²) in [6, 6.07) is 0.370. The predicted octanol–water partition coefficient (Wildman–Crippen LogP) is 0.654. The lowest BCUT2D eigenvalue weighted by Gasteiger charge is -2.21. The number of nitrogens with zero attached hydrogens (tertiary/aromatic N) is 1. The van der Waals surface area contributed by atoms with Crippen molar-refractivity contribution in [1.82, 2.24) is 5.32 Å². The van der Waals surface area contributed by atoms with Gasteiger partial charge in [0, 0.05) is 25.6 Å². The van der Waals surface area contributed by atoms with Gasteiger partial charge in [-0.15, -0.1) is 0 Å². The van der Waals surface area contributed by atoms with Gasteiger partial charge in [0.05, 0.1) is 0 Å². The van der Waals surface area contributed by atoms with Crippen molar-refractivity contribution in [2.75, 3.05) is 13.2 Å². The van der Waals surface area contributed by atoms with Crippen LogP contribution in [0, 0.1) is 5.41 Å². The molecular formula is C11H23N3O2. The second kappa shape index (κ2) is 6.06. The number of amidine groups is 1. The van der Waals surface area contributed by atoms with Gasteiger partial charge >= 0.3 is 0 Å². The molecule has 1 unspecified atom stereocenters. The summed E-state index contributed by atoms with van der Waals surface area (Å²) in [6.45, 7) is 3.22. The Bertz CT molecular complexity index is 239. The summed E-state index contributed by atoms with van der Waals surface area (Å²) in [6.07, 6.45) is 4.72. The minimum atomic E-state index is 0.194. The molecule has 0 saturated heterocycles. The van der Waals surface area contributed by atoms with Gasteiger partial charge in [-0.3, -0.25) is 0 Å². The van der Waals surface area contributed by atoms with Crippen LogP contribution in [0.2, 0.25) is 0 Å². The van der Waals surface area contributed by atoms with E-state index in [-0.39, 0.29) is 12.0 Å². The van der Waals surface area contributed by atoms with Crippen LogP contribution in [-0.2, 0) is 0 Å². The lowest BCUT2D eigenvalue weighted by molar-refractivity contribution is 0.257. The van der Waals surface area contributed by atoms with E-state index in [0.29, 0.717) is 18.3 Å². The molecule has 1 aliphatic rings. The van der Waals surface area contributed by atoms with Gasteiger partial charge in [-0.2, -0.15) is 0 Å². The van der Waals surface area contributed by atoms with Crippen LogP contribution in [0.4, 0.5) is 0 Å². The van der Waals surface area contributed by atoms with E-state index in [0.717, 1.165) is 32.2 Å². The largest absolute Gasteiger partial charge is 0.409 e. The third-order valence-corrected chi connectivity index (χ3v) is 3.38. The fourth-order valence-corrected chi connectivity index (χ4v) is 1.98. The lowest BCUT2D eigenvalue weighted by atomic mass is 10.0. The first-order chi connectivity index (χ1) is 7.65. The highest BCUT2D eigenvalue weighted by Crippen LogP contribution is 2.48. The van der Waals surface area contributed by atoms with E-state index in [1.807, 2.05) is 0 Å². The molecule has 0 radical (unpaired) electrons. The van der Waals surface area contributed by atoms with Crippen LogP contribution in [0.15, 0.2) is 5.16 Å². The monoisotopic (exact) mass is 229 g/mol. The van der Waals surface area contributed by atoms with Gasteiger partial charge in [-0.25, -0.2) is 0 Å². The molecule has 5 nitrogen and oxygen atoms in total. The Morgan fingerprint density at radius 3 is 2.69 bits per heavy atom. The van der Waals surface area contributed by atoms with Crippen molar-refractivity contribution in [2.45, 2.75) is 45.1 Å². The topological polar surface area (TPSA) is 90.9 Å². The van der Waals surface area contributed by atoms with E-state index in [1.165, 1.54) is 0 Å². The number of aliphatic hydroxyl groups excluding tert-OH is 1. The molecule has 1 rings (SSSR count). The first-order valence-electron chi connectivity index (χ1n) is 5.96. The molecule has 5 N–H and O–H groups in total. The van der Waals surface area contributed by atoms with E-state index < -0.39 is 0 Å². The van der Waals surface area contributed by atoms with Gasteiger partial charge in [0.1, 0.15) is 5.84 Å². The maximum atomic E-state index is 8.88. The van der Waals surface area contributed by atoms with E-state index >= 15 is 0 Å². The first kappa shape index (κ1) is 13.3. The molecular weight excluding hydrogens is 206 g/mol. The molecule has 1 aliphatic carbocycles. The normalized spacial score (nSPS) is 20.8. The zero-order chi connectivity index (χ0) is 12.0. The Hall–Kier alpha value is -0.810. The summed E-state index contributed by atoms with van der Waals surface area (Å²) in [5, 5.41) is 23.9. The number of nitrogens with two attached hydrogens (primary N) is 1. The van der Waals surface area contributed by atoms with Gasteiger partial charge < -0.3 is 21.4 Å². The molecule has 0 amide bonds. The van der Waals surface area contributed by atoms with Crippen LogP contribution in [0.5, 0.6) is 0 Å². The van der Waals surface area contributed by atoms with Crippen LogP contribution >= 0.6 is 0 Å². The summed E-state index contributed by atoms with van der Waals surface area (Å²) in [7, 11) is 0. The number of nitrogens with one attached hydrogen (secondary N) is 1. The second-order valence-electron chi connectivity index (χ2n) is 4.77. The molecule has 94 valence electrons. The quantitative estimate of drug-likeness (QED) is 0.213. The van der Waals surface area contributed by atoms with Gasteiger partial charge in [0.15, 0.2) is 0 Å². The van der Waals surface area contributed by atoms with Crippen molar-refractivity contribution in [3.05, 3.63) is 0 Å². The molecule has 1 atom stereocenters. The highest BCUT2D eigenvalue weighted by molar-refractivity contribution is 5.80. The zero-order valence-electron chi connectivity index (χ0n) is 9.95. The molecule has 0 aliphatic heterocycles. The van der Waals surface area contributed by atoms with E-state index in [2.05, 4.69) is 17.4 Å². The average Bonchev–Trinajstić information content (AvgIpc) is 3.04. The van der Waals surface area contributed by atoms with Gasteiger partial charge in [0.25, 0.3) is 0 Å². The molecule has 1 fully saturated rings. The number of rotatable bonds is 8. The number of oxime groups is 1. The SMILES string of the molecule is CCC(CCO)NCC1(CC(N)=NO)CC1. The molecule has 0 bridgehead atoms. The van der Waals surface area contributed by atoms with Crippen molar-refractivity contribution in [2.24, 2.45) is 16.3 Å². The zero-order valence-corrected chi connectivity index (χ0v) is 9.95. The molecule has 0 heterocycles. The highest BCUT2D eigenvalue weighted by atomic mass is 16.4. The second-order valence-corrected chi connectivity index (χ2v) is 4.77. The van der Waals surface area contributed by atoms with Crippen molar-refractivity contribution < 1.29 is 10.3 Å². The number of hydrogen-bond acceptors (Lipinski definition) is 4. The number of hydrogen-bond donors (Lipinski definition) is 4. The Labute approximate surface area is 96.7 Å². The Morgan fingerprint density at radius 2 is 2.25 bits per heavy atom. The Morgan fingerprint density at radius 1 is 1.56 bits per heavy atom. The molecule has 1 saturated carbocycles. The molecule has 0 aromatic rings. The van der Waals surface area contributed by atoms with Crippen molar-refractivity contribution >= 4 is 5.84 Å². The van der Waals surface area contributed by atoms with Gasteiger partial charge in [-0.1, -0.05) is 12.1 Å². The van der Waals surface area contributed by atoms with E-state index in [1.54, 1.807) is 0 Å². The minimum Gasteiger partial charge on any atom is -0.409 e. The summed E-state index contributed by atoms with van der Waals surface area (Å²) >= 11 is 0. The van der Waals surface area contributed by atoms with Crippen LogP contribution in [-0.4, -0.2) is 35.3 Å². The van der Waals surface area contributed by atoms with Crippen molar-refractivity contribution in [3.63, 3.8) is 0 Å². The van der Waals surface area contributed by atoms with Crippen molar-refractivity contribution in [1.29, 1.82) is 0 Å². The van der Waals surface area contributed by atoms with E-state index in [9.17, 15) is 0 Å². The van der Waals surface area contributed by atoms with Crippen LogP contribution in [0.1, 0.15) is 39.0 Å². The smallest absolute Gasteiger partial charge is 0.139 e. The fourth-order valence-electron chi connectivity index (χ4n) is 1.98. The van der Waals surface area contributed by atoms with Crippen LogP contribution in [0.3, 0.4) is 0 Å². The molecule has 0 aromatic carbocycles. The number of aliphatic hydroxyl groups is 1. The van der Waals surface area contributed by atoms with Crippen LogP contribution in [0.25, 0.3) is 0 Å². The highest BCUT2D eigenvalue weighted by Gasteiger charge is 2.43. The standard InChI is InChI=1S/C11H23N3O2/c1-2-9(3-6-15)13-8-11(4-5-11)7-10(12)14-16/h9,13,15-16H,2-8H2,1H3,(H2,12,14). The fraction of sp³-hybridized carbons (Fsp3) is 0.909. The lowest BCUT2D eigenvalue weighted by Crippen LogP contribution is -2.36. The third kappa shape index (κ3) is 3.98. The molecule has 16 heavy (non-hydrogen) atoms.